The third-order valence-electron chi connectivity index (χ3n) is 2.84. The number of nitrogen functional groups attached to an aromatic ring is 1. The summed E-state index contributed by atoms with van der Waals surface area (Å²) < 4.78 is 13.0. The van der Waals surface area contributed by atoms with Crippen molar-refractivity contribution in [2.75, 3.05) is 12.3 Å². The van der Waals surface area contributed by atoms with Crippen molar-refractivity contribution >= 4 is 17.5 Å². The number of hydrogen-bond donors (Lipinski definition) is 3. The number of amides is 2. The van der Waals surface area contributed by atoms with Crippen LogP contribution in [-0.2, 0) is 4.79 Å². The highest BCUT2D eigenvalue weighted by atomic mass is 19.1. The van der Waals surface area contributed by atoms with Crippen molar-refractivity contribution < 1.29 is 14.0 Å². The molecule has 2 rings (SSSR count). The summed E-state index contributed by atoms with van der Waals surface area (Å²) >= 11 is 0. The van der Waals surface area contributed by atoms with Crippen molar-refractivity contribution in [1.29, 1.82) is 0 Å². The van der Waals surface area contributed by atoms with E-state index in [0.717, 1.165) is 18.9 Å². The fourth-order valence-electron chi connectivity index (χ4n) is 1.64. The molecule has 0 radical (unpaired) electrons. The van der Waals surface area contributed by atoms with E-state index in [1.165, 1.54) is 12.1 Å². The molecule has 102 valence electrons. The molecule has 0 spiro atoms. The lowest BCUT2D eigenvalue weighted by atomic mass is 10.1. The molecular formula is C13H16FN3O2. The molecule has 0 bridgehead atoms. The minimum absolute atomic E-state index is 0.0857. The molecule has 1 aliphatic carbocycles. The summed E-state index contributed by atoms with van der Waals surface area (Å²) in [6.07, 6.45) is 2.26. The smallest absolute Gasteiger partial charge is 0.253 e. The summed E-state index contributed by atoms with van der Waals surface area (Å²) in [5, 5.41) is 5.36. The first kappa shape index (κ1) is 13.3. The van der Waals surface area contributed by atoms with Gasteiger partial charge in [-0.3, -0.25) is 9.59 Å². The van der Waals surface area contributed by atoms with Gasteiger partial charge < -0.3 is 16.4 Å². The zero-order valence-electron chi connectivity index (χ0n) is 10.4. The summed E-state index contributed by atoms with van der Waals surface area (Å²) in [5.41, 5.74) is 5.88. The first-order chi connectivity index (χ1) is 9.06. The van der Waals surface area contributed by atoms with E-state index in [2.05, 4.69) is 10.6 Å². The van der Waals surface area contributed by atoms with Crippen LogP contribution in [0.2, 0.25) is 0 Å². The monoisotopic (exact) mass is 265 g/mol. The number of nitrogens with two attached hydrogens (primary N) is 1. The van der Waals surface area contributed by atoms with Gasteiger partial charge in [0.05, 0.1) is 5.56 Å². The van der Waals surface area contributed by atoms with Crippen molar-refractivity contribution in [3.8, 4) is 0 Å². The van der Waals surface area contributed by atoms with Gasteiger partial charge in [0.1, 0.15) is 5.82 Å². The van der Waals surface area contributed by atoms with E-state index < -0.39 is 11.7 Å². The number of benzene rings is 1. The van der Waals surface area contributed by atoms with Crippen LogP contribution in [0, 0.1) is 5.82 Å². The average Bonchev–Trinajstić information content (AvgIpc) is 3.16. The van der Waals surface area contributed by atoms with Gasteiger partial charge in [0.25, 0.3) is 5.91 Å². The predicted octanol–water partition coefficient (Wildman–Crippen LogP) is 0.806. The molecule has 1 aliphatic rings. The maximum absolute atomic E-state index is 13.0. The Balaban J connectivity index is 1.80. The maximum Gasteiger partial charge on any atom is 0.253 e. The van der Waals surface area contributed by atoms with Crippen LogP contribution in [-0.4, -0.2) is 24.4 Å². The molecule has 0 aromatic heterocycles. The van der Waals surface area contributed by atoms with Crippen LogP contribution in [0.25, 0.3) is 0 Å². The van der Waals surface area contributed by atoms with Crippen molar-refractivity contribution in [3.63, 3.8) is 0 Å². The topological polar surface area (TPSA) is 84.2 Å². The highest BCUT2D eigenvalue weighted by Crippen LogP contribution is 2.18. The number of hydrogen-bond acceptors (Lipinski definition) is 3. The van der Waals surface area contributed by atoms with Gasteiger partial charge in [-0.15, -0.1) is 0 Å². The molecule has 0 heterocycles. The number of nitrogens with one attached hydrogen (secondary N) is 2. The summed E-state index contributed by atoms with van der Waals surface area (Å²) in [6.45, 7) is 0.202. The van der Waals surface area contributed by atoms with Crippen LogP contribution < -0.4 is 16.4 Å². The van der Waals surface area contributed by atoms with Crippen LogP contribution in [0.4, 0.5) is 10.1 Å². The Morgan fingerprint density at radius 3 is 2.79 bits per heavy atom. The Hall–Kier alpha value is -2.11. The third kappa shape index (κ3) is 3.94. The van der Waals surface area contributed by atoms with E-state index in [-0.39, 0.29) is 30.1 Å². The number of carbonyl (C=O) groups is 2. The lowest BCUT2D eigenvalue weighted by Gasteiger charge is -2.08. The van der Waals surface area contributed by atoms with Crippen LogP contribution in [0.15, 0.2) is 18.2 Å². The van der Waals surface area contributed by atoms with Crippen molar-refractivity contribution in [1.82, 2.24) is 10.6 Å². The fourth-order valence-corrected chi connectivity index (χ4v) is 1.64. The van der Waals surface area contributed by atoms with Gasteiger partial charge in [-0.2, -0.15) is 0 Å². The standard InChI is InChI=1S/C13H16FN3O2/c14-8-1-4-11(15)10(7-8)13(19)16-6-5-12(18)17-9-2-3-9/h1,4,7,9H,2-3,5-6,15H2,(H,16,19)(H,17,18). The Kier molecular flexibility index (Phi) is 3.99. The first-order valence-electron chi connectivity index (χ1n) is 6.19. The van der Waals surface area contributed by atoms with Gasteiger partial charge in [0.2, 0.25) is 5.91 Å². The van der Waals surface area contributed by atoms with Crippen molar-refractivity contribution in [3.05, 3.63) is 29.6 Å². The van der Waals surface area contributed by atoms with E-state index in [0.29, 0.717) is 6.04 Å². The molecule has 0 unspecified atom stereocenters. The zero-order chi connectivity index (χ0) is 13.8. The van der Waals surface area contributed by atoms with Crippen LogP contribution in [0.1, 0.15) is 29.6 Å². The second-order valence-corrected chi connectivity index (χ2v) is 4.58. The second-order valence-electron chi connectivity index (χ2n) is 4.58. The number of halogens is 1. The van der Waals surface area contributed by atoms with E-state index in [4.69, 9.17) is 5.73 Å². The molecule has 6 heteroatoms. The van der Waals surface area contributed by atoms with E-state index in [1.54, 1.807) is 0 Å². The number of carbonyl (C=O) groups excluding carboxylic acids is 2. The summed E-state index contributed by atoms with van der Waals surface area (Å²) in [5.74, 6) is -1.09. The van der Waals surface area contributed by atoms with Gasteiger partial charge in [-0.05, 0) is 31.0 Å². The number of rotatable bonds is 5. The molecule has 5 nitrogen and oxygen atoms in total. The van der Waals surface area contributed by atoms with E-state index in [1.807, 2.05) is 0 Å². The SMILES string of the molecule is Nc1ccc(F)cc1C(=O)NCCC(=O)NC1CC1. The van der Waals surface area contributed by atoms with Crippen molar-refractivity contribution in [2.45, 2.75) is 25.3 Å². The van der Waals surface area contributed by atoms with Gasteiger partial charge in [-0.25, -0.2) is 4.39 Å². The second kappa shape index (κ2) is 5.69. The largest absolute Gasteiger partial charge is 0.398 e. The van der Waals surface area contributed by atoms with Gasteiger partial charge >= 0.3 is 0 Å². The molecule has 1 fully saturated rings. The quantitative estimate of drug-likeness (QED) is 0.689. The van der Waals surface area contributed by atoms with Crippen LogP contribution in [0.3, 0.4) is 0 Å². The molecule has 1 aromatic rings. The molecule has 0 aliphatic heterocycles. The molecule has 0 saturated heterocycles. The van der Waals surface area contributed by atoms with Gasteiger partial charge in [0.15, 0.2) is 0 Å². The lowest BCUT2D eigenvalue weighted by molar-refractivity contribution is -0.121. The highest BCUT2D eigenvalue weighted by Gasteiger charge is 2.22. The Morgan fingerprint density at radius 2 is 2.11 bits per heavy atom. The van der Waals surface area contributed by atoms with E-state index in [9.17, 15) is 14.0 Å². The van der Waals surface area contributed by atoms with Crippen LogP contribution >= 0.6 is 0 Å². The molecule has 1 saturated carbocycles. The predicted molar refractivity (Wildman–Crippen MR) is 68.9 cm³/mol. The zero-order valence-corrected chi connectivity index (χ0v) is 10.4. The van der Waals surface area contributed by atoms with E-state index >= 15 is 0 Å². The normalized spacial score (nSPS) is 13.9. The van der Waals surface area contributed by atoms with Crippen molar-refractivity contribution in [2.24, 2.45) is 0 Å². The summed E-state index contributed by atoms with van der Waals surface area (Å²) in [7, 11) is 0. The minimum atomic E-state index is -0.522. The Bertz CT molecular complexity index is 501. The van der Waals surface area contributed by atoms with Crippen LogP contribution in [0.5, 0.6) is 0 Å². The first-order valence-corrected chi connectivity index (χ1v) is 6.19. The summed E-state index contributed by atoms with van der Waals surface area (Å²) in [6, 6.07) is 3.91. The van der Waals surface area contributed by atoms with Gasteiger partial charge in [-0.1, -0.05) is 0 Å². The molecule has 0 atom stereocenters. The minimum Gasteiger partial charge on any atom is -0.398 e. The maximum atomic E-state index is 13.0. The fraction of sp³-hybridized carbons (Fsp3) is 0.385. The molecule has 4 N–H and O–H groups in total. The highest BCUT2D eigenvalue weighted by molar-refractivity contribution is 5.99. The lowest BCUT2D eigenvalue weighted by Crippen LogP contribution is -2.32. The van der Waals surface area contributed by atoms with Gasteiger partial charge in [0, 0.05) is 24.7 Å². The third-order valence-corrected chi connectivity index (χ3v) is 2.84. The molecular weight excluding hydrogens is 249 g/mol. The summed E-state index contributed by atoms with van der Waals surface area (Å²) in [4.78, 5) is 23.1. The average molecular weight is 265 g/mol. The Morgan fingerprint density at radius 1 is 1.37 bits per heavy atom. The number of anilines is 1. The Labute approximate surface area is 110 Å². The molecule has 19 heavy (non-hydrogen) atoms. The molecule has 1 aromatic carbocycles. The molecule has 2 amide bonds.